The number of hydrogen-bond acceptors (Lipinski definition) is 6. The average Bonchev–Trinajstić information content (AvgIpc) is 2.68. The van der Waals surface area contributed by atoms with Gasteiger partial charge in [-0.25, -0.2) is 4.98 Å². The van der Waals surface area contributed by atoms with Gasteiger partial charge in [-0.3, -0.25) is 4.79 Å². The molecule has 0 unspecified atom stereocenters. The fraction of sp³-hybridized carbons (Fsp3) is 0.667. The largest absolute Gasteiger partial charge is 0.478 e. The van der Waals surface area contributed by atoms with Gasteiger partial charge in [0, 0.05) is 38.4 Å². The Balaban J connectivity index is 1.62. The van der Waals surface area contributed by atoms with Gasteiger partial charge in [0.2, 0.25) is 17.7 Å². The molecule has 0 aromatic carbocycles. The van der Waals surface area contributed by atoms with E-state index in [1.807, 2.05) is 11.8 Å². The van der Waals surface area contributed by atoms with Crippen molar-refractivity contribution in [3.05, 3.63) is 12.3 Å². The molecule has 7 heteroatoms. The van der Waals surface area contributed by atoms with E-state index in [4.69, 9.17) is 4.74 Å². The second-order valence-corrected chi connectivity index (χ2v) is 6.66. The number of aromatic nitrogens is 2. The first-order valence-electron chi connectivity index (χ1n) is 9.10. The molecule has 0 atom stereocenters. The summed E-state index contributed by atoms with van der Waals surface area (Å²) in [7, 11) is 0. The topological polar surface area (TPSA) is 82.4 Å². The molecule has 0 spiro atoms. The van der Waals surface area contributed by atoms with Crippen molar-refractivity contribution in [1.29, 1.82) is 5.26 Å². The molecule has 134 valence electrons. The van der Waals surface area contributed by atoms with E-state index in [0.717, 1.165) is 19.3 Å². The van der Waals surface area contributed by atoms with Crippen LogP contribution in [0.3, 0.4) is 0 Å². The van der Waals surface area contributed by atoms with E-state index in [1.54, 1.807) is 12.3 Å². The zero-order valence-electron chi connectivity index (χ0n) is 14.8. The number of piperazine rings is 1. The molecule has 2 aliphatic rings. The summed E-state index contributed by atoms with van der Waals surface area (Å²) in [5, 5.41) is 9.61. The third-order valence-corrected chi connectivity index (χ3v) is 5.09. The van der Waals surface area contributed by atoms with Gasteiger partial charge in [-0.2, -0.15) is 10.2 Å². The number of nitrogens with zero attached hydrogens (tertiary/aromatic N) is 5. The third kappa shape index (κ3) is 3.68. The van der Waals surface area contributed by atoms with Gasteiger partial charge in [-0.1, -0.05) is 19.3 Å². The molecule has 7 nitrogen and oxygen atoms in total. The van der Waals surface area contributed by atoms with Crippen LogP contribution in [0.15, 0.2) is 12.3 Å². The lowest BCUT2D eigenvalue weighted by Crippen LogP contribution is -2.53. The van der Waals surface area contributed by atoms with Crippen LogP contribution in [0.4, 0.5) is 5.95 Å². The van der Waals surface area contributed by atoms with E-state index >= 15 is 0 Å². The number of carbonyl (C=O) groups excluding carboxylic acids is 1. The highest BCUT2D eigenvalue weighted by molar-refractivity contribution is 5.85. The predicted octanol–water partition coefficient (Wildman–Crippen LogP) is 2.00. The highest BCUT2D eigenvalue weighted by Gasteiger charge is 2.43. The summed E-state index contributed by atoms with van der Waals surface area (Å²) in [6, 6.07) is 4.08. The molecule has 1 saturated carbocycles. The van der Waals surface area contributed by atoms with Crippen molar-refractivity contribution < 1.29 is 9.53 Å². The standard InChI is InChI=1S/C18H25N5O2/c1-2-25-15-6-9-20-17(21-15)23-12-10-22(11-13-23)16(24)18(14-19)7-4-3-5-8-18/h6,9H,2-5,7-8,10-13H2,1H3. The summed E-state index contributed by atoms with van der Waals surface area (Å²) < 4.78 is 5.43. The molecule has 1 aliphatic heterocycles. The second-order valence-electron chi connectivity index (χ2n) is 6.66. The van der Waals surface area contributed by atoms with Gasteiger partial charge in [-0.15, -0.1) is 0 Å². The Morgan fingerprint density at radius 2 is 2.00 bits per heavy atom. The van der Waals surface area contributed by atoms with Gasteiger partial charge in [-0.05, 0) is 19.8 Å². The Labute approximate surface area is 148 Å². The van der Waals surface area contributed by atoms with Crippen LogP contribution in [0.25, 0.3) is 0 Å². The maximum absolute atomic E-state index is 12.9. The van der Waals surface area contributed by atoms with Crippen LogP contribution >= 0.6 is 0 Å². The maximum Gasteiger partial charge on any atom is 0.243 e. The lowest BCUT2D eigenvalue weighted by Gasteiger charge is -2.39. The van der Waals surface area contributed by atoms with E-state index < -0.39 is 5.41 Å². The van der Waals surface area contributed by atoms with E-state index in [-0.39, 0.29) is 5.91 Å². The van der Waals surface area contributed by atoms with Crippen LogP contribution in [0.2, 0.25) is 0 Å². The number of rotatable bonds is 4. The SMILES string of the molecule is CCOc1ccnc(N2CCN(C(=O)C3(C#N)CCCCC3)CC2)n1. The van der Waals surface area contributed by atoms with Gasteiger partial charge in [0.05, 0.1) is 12.7 Å². The summed E-state index contributed by atoms with van der Waals surface area (Å²) in [5.41, 5.74) is -0.800. The monoisotopic (exact) mass is 343 g/mol. The van der Waals surface area contributed by atoms with Crippen molar-refractivity contribution in [3.8, 4) is 11.9 Å². The Bertz CT molecular complexity index is 643. The predicted molar refractivity (Wildman–Crippen MR) is 93.1 cm³/mol. The van der Waals surface area contributed by atoms with Crippen molar-refractivity contribution in [2.45, 2.75) is 39.0 Å². The smallest absolute Gasteiger partial charge is 0.243 e. The fourth-order valence-corrected chi connectivity index (χ4v) is 3.65. The molecule has 1 aliphatic carbocycles. The van der Waals surface area contributed by atoms with Crippen molar-refractivity contribution >= 4 is 11.9 Å². The van der Waals surface area contributed by atoms with Gasteiger partial charge >= 0.3 is 0 Å². The molecule has 25 heavy (non-hydrogen) atoms. The minimum atomic E-state index is -0.800. The number of amides is 1. The molecule has 1 amide bonds. The average molecular weight is 343 g/mol. The van der Waals surface area contributed by atoms with Gasteiger partial charge < -0.3 is 14.5 Å². The normalized spacial score (nSPS) is 20.0. The molecule has 2 fully saturated rings. The van der Waals surface area contributed by atoms with Gasteiger partial charge in [0.25, 0.3) is 0 Å². The van der Waals surface area contributed by atoms with Crippen LogP contribution in [-0.4, -0.2) is 53.6 Å². The van der Waals surface area contributed by atoms with Crippen LogP contribution in [-0.2, 0) is 4.79 Å². The Hall–Kier alpha value is -2.36. The van der Waals surface area contributed by atoms with Crippen LogP contribution < -0.4 is 9.64 Å². The van der Waals surface area contributed by atoms with E-state index in [2.05, 4.69) is 20.9 Å². The number of ether oxygens (including phenoxy) is 1. The van der Waals surface area contributed by atoms with Gasteiger partial charge in [0.1, 0.15) is 5.41 Å². The molecule has 0 bridgehead atoms. The molecular formula is C18H25N5O2. The van der Waals surface area contributed by atoms with Crippen molar-refractivity contribution in [3.63, 3.8) is 0 Å². The van der Waals surface area contributed by atoms with Crippen LogP contribution in [0.1, 0.15) is 39.0 Å². The zero-order valence-corrected chi connectivity index (χ0v) is 14.8. The minimum Gasteiger partial charge on any atom is -0.478 e. The zero-order chi connectivity index (χ0) is 17.7. The Morgan fingerprint density at radius 3 is 2.64 bits per heavy atom. The highest BCUT2D eigenvalue weighted by atomic mass is 16.5. The molecule has 1 aromatic rings. The molecule has 1 aromatic heterocycles. The van der Waals surface area contributed by atoms with Gasteiger partial charge in [0.15, 0.2) is 0 Å². The quantitative estimate of drug-likeness (QED) is 0.831. The highest BCUT2D eigenvalue weighted by Crippen LogP contribution is 2.37. The Morgan fingerprint density at radius 1 is 1.28 bits per heavy atom. The second kappa shape index (κ2) is 7.68. The van der Waals surface area contributed by atoms with E-state index in [1.165, 1.54) is 0 Å². The minimum absolute atomic E-state index is 0.0123. The van der Waals surface area contributed by atoms with E-state index in [9.17, 15) is 10.1 Å². The molecule has 2 heterocycles. The van der Waals surface area contributed by atoms with Crippen molar-refractivity contribution in [1.82, 2.24) is 14.9 Å². The molecular weight excluding hydrogens is 318 g/mol. The first-order chi connectivity index (χ1) is 12.2. The van der Waals surface area contributed by atoms with Crippen LogP contribution in [0.5, 0.6) is 5.88 Å². The molecule has 3 rings (SSSR count). The van der Waals surface area contributed by atoms with Crippen molar-refractivity contribution in [2.75, 3.05) is 37.7 Å². The summed E-state index contributed by atoms with van der Waals surface area (Å²) >= 11 is 0. The molecule has 0 N–H and O–H groups in total. The summed E-state index contributed by atoms with van der Waals surface area (Å²) in [4.78, 5) is 25.6. The van der Waals surface area contributed by atoms with Crippen molar-refractivity contribution in [2.24, 2.45) is 5.41 Å². The maximum atomic E-state index is 12.9. The van der Waals surface area contributed by atoms with Crippen LogP contribution in [0, 0.1) is 16.7 Å². The fourth-order valence-electron chi connectivity index (χ4n) is 3.65. The summed E-state index contributed by atoms with van der Waals surface area (Å²) in [5.74, 6) is 1.21. The molecule has 1 saturated heterocycles. The number of anilines is 1. The first kappa shape index (κ1) is 17.5. The third-order valence-electron chi connectivity index (χ3n) is 5.09. The molecule has 0 radical (unpaired) electrons. The number of carbonyl (C=O) groups is 1. The first-order valence-corrected chi connectivity index (χ1v) is 9.10. The lowest BCUT2D eigenvalue weighted by molar-refractivity contribution is -0.140. The number of nitriles is 1. The number of hydrogen-bond donors (Lipinski definition) is 0. The summed E-state index contributed by atoms with van der Waals surface area (Å²) in [6.45, 7) is 5.03. The summed E-state index contributed by atoms with van der Waals surface area (Å²) in [6.07, 6.45) is 6.15. The Kier molecular flexibility index (Phi) is 5.37. The lowest BCUT2D eigenvalue weighted by atomic mass is 9.74. The van der Waals surface area contributed by atoms with E-state index in [0.29, 0.717) is 57.5 Å².